The van der Waals surface area contributed by atoms with Gasteiger partial charge in [-0.15, -0.1) is 18.5 Å². The van der Waals surface area contributed by atoms with Gasteiger partial charge in [0.2, 0.25) is 0 Å². The third kappa shape index (κ3) is 3.61. The van der Waals surface area contributed by atoms with Crippen LogP contribution in [0.4, 0.5) is 0 Å². The quantitative estimate of drug-likeness (QED) is 0.279. The van der Waals surface area contributed by atoms with Crippen LogP contribution in [0.1, 0.15) is 66.5 Å². The van der Waals surface area contributed by atoms with E-state index >= 15 is 0 Å². The predicted octanol–water partition coefficient (Wildman–Crippen LogP) is 8.15. The summed E-state index contributed by atoms with van der Waals surface area (Å²) in [5, 5.41) is 2.44. The van der Waals surface area contributed by atoms with Crippen molar-refractivity contribution < 1.29 is 0 Å². The Labute approximate surface area is 188 Å². The molecule has 2 atom stereocenters. The van der Waals surface area contributed by atoms with Crippen LogP contribution in [0.5, 0.6) is 0 Å². The van der Waals surface area contributed by atoms with Crippen LogP contribution in [0.2, 0.25) is 0 Å². The molecule has 0 fully saturated rings. The molecule has 2 unspecified atom stereocenters. The van der Waals surface area contributed by atoms with Gasteiger partial charge in [0.05, 0.1) is 11.0 Å². The first-order valence-electron chi connectivity index (χ1n) is 11.4. The van der Waals surface area contributed by atoms with Gasteiger partial charge in [-0.1, -0.05) is 91.8 Å². The zero-order valence-corrected chi connectivity index (χ0v) is 22.3. The van der Waals surface area contributed by atoms with Crippen molar-refractivity contribution in [1.82, 2.24) is 4.98 Å². The molecule has 1 nitrogen and oxygen atoms in total. The molecular weight excluding hydrogens is 400 g/mol. The Balaban J connectivity index is 2.43. The van der Waals surface area contributed by atoms with E-state index in [1.165, 1.54) is 21.9 Å². The highest BCUT2D eigenvalue weighted by Crippen LogP contribution is 2.50. The van der Waals surface area contributed by atoms with Gasteiger partial charge in [-0.3, -0.25) is 0 Å². The fourth-order valence-electron chi connectivity index (χ4n) is 5.16. The van der Waals surface area contributed by atoms with Gasteiger partial charge in [0.15, 0.2) is 0 Å². The first kappa shape index (κ1) is 23.6. The van der Waals surface area contributed by atoms with E-state index in [1.807, 2.05) is 0 Å². The Kier molecular flexibility index (Phi) is 6.68. The van der Waals surface area contributed by atoms with Gasteiger partial charge in [0, 0.05) is 21.1 Å². The maximum absolute atomic E-state index is 5.41. The smallest absolute Gasteiger partial charge is 0.0751 e. The fraction of sp³-hybridized carbons (Fsp3) is 0.519. The standard InChI is InChI=1S/C27H39NP2/c1-16(2)26(29,17(3)4)22-13-9-11-20-15-21-12-10-14-23(25(21)28-24(20)22)27(30,18(5)6)19(7)8/h9-19H,29-30H2,1-8H3. The third-order valence-electron chi connectivity index (χ3n) is 7.42. The van der Waals surface area contributed by atoms with Crippen LogP contribution in [0.3, 0.4) is 0 Å². The molecule has 2 aromatic carbocycles. The van der Waals surface area contributed by atoms with Gasteiger partial charge in [0.1, 0.15) is 0 Å². The summed E-state index contributed by atoms with van der Waals surface area (Å²) in [5.41, 5.74) is 4.98. The number of aromatic nitrogens is 1. The summed E-state index contributed by atoms with van der Waals surface area (Å²) in [6.45, 7) is 18.6. The average Bonchev–Trinajstić information content (AvgIpc) is 2.69. The number of nitrogens with zero attached hydrogens (tertiary/aromatic N) is 1. The van der Waals surface area contributed by atoms with E-state index < -0.39 is 0 Å². The van der Waals surface area contributed by atoms with Crippen LogP contribution in [-0.2, 0) is 10.3 Å². The molecule has 0 N–H and O–H groups in total. The second-order valence-electron chi connectivity index (χ2n) is 10.2. The largest absolute Gasteiger partial charge is 0.247 e. The molecular formula is C27H39NP2. The minimum absolute atomic E-state index is 0.0106. The maximum atomic E-state index is 5.41. The van der Waals surface area contributed by atoms with Gasteiger partial charge in [0.25, 0.3) is 0 Å². The van der Waals surface area contributed by atoms with Crippen molar-refractivity contribution in [3.05, 3.63) is 53.6 Å². The molecule has 0 aliphatic rings. The summed E-state index contributed by atoms with van der Waals surface area (Å²) in [4.78, 5) is 5.41. The SMILES string of the molecule is CC(C)C(P)(c1cccc2cc3cccc(C(P)(C(C)C)C(C)C)c3nc12)C(C)C. The minimum Gasteiger partial charge on any atom is -0.247 e. The lowest BCUT2D eigenvalue weighted by molar-refractivity contribution is 0.342. The topological polar surface area (TPSA) is 12.9 Å². The van der Waals surface area contributed by atoms with Gasteiger partial charge in [-0.2, -0.15) is 0 Å². The Morgan fingerprint density at radius 3 is 1.23 bits per heavy atom. The highest BCUT2D eigenvalue weighted by molar-refractivity contribution is 7.18. The van der Waals surface area contributed by atoms with E-state index in [0.29, 0.717) is 23.7 Å². The number of benzene rings is 2. The van der Waals surface area contributed by atoms with Crippen LogP contribution in [0.25, 0.3) is 21.8 Å². The lowest BCUT2D eigenvalue weighted by Crippen LogP contribution is -2.32. The van der Waals surface area contributed by atoms with Crippen LogP contribution in [0, 0.1) is 23.7 Å². The van der Waals surface area contributed by atoms with Crippen molar-refractivity contribution in [2.45, 2.75) is 65.7 Å². The van der Waals surface area contributed by atoms with Crippen molar-refractivity contribution in [3.8, 4) is 0 Å². The van der Waals surface area contributed by atoms with Crippen molar-refractivity contribution in [1.29, 1.82) is 0 Å². The molecule has 1 heterocycles. The molecule has 0 bridgehead atoms. The zero-order valence-electron chi connectivity index (χ0n) is 20.0. The Morgan fingerprint density at radius 1 is 0.600 bits per heavy atom. The lowest BCUT2D eigenvalue weighted by Gasteiger charge is -2.40. The molecule has 0 saturated carbocycles. The number of hydrogen-bond donors (Lipinski definition) is 0. The van der Waals surface area contributed by atoms with Crippen LogP contribution < -0.4 is 0 Å². The van der Waals surface area contributed by atoms with E-state index in [9.17, 15) is 0 Å². The van der Waals surface area contributed by atoms with Crippen LogP contribution >= 0.6 is 18.5 Å². The van der Waals surface area contributed by atoms with E-state index in [4.69, 9.17) is 4.98 Å². The molecule has 3 rings (SSSR count). The van der Waals surface area contributed by atoms with Gasteiger partial charge < -0.3 is 0 Å². The number of para-hydroxylation sites is 2. The fourth-order valence-corrected chi connectivity index (χ4v) is 5.63. The molecule has 0 radical (unpaired) electrons. The molecule has 3 heteroatoms. The summed E-state index contributed by atoms with van der Waals surface area (Å²) >= 11 is 0. The van der Waals surface area contributed by atoms with Gasteiger partial charge >= 0.3 is 0 Å². The van der Waals surface area contributed by atoms with Crippen molar-refractivity contribution in [2.24, 2.45) is 23.7 Å². The Bertz CT molecular complexity index is 952. The van der Waals surface area contributed by atoms with Gasteiger partial charge in [-0.25, -0.2) is 4.98 Å². The number of rotatable bonds is 6. The summed E-state index contributed by atoms with van der Waals surface area (Å²) in [6, 6.07) is 15.7. The maximum Gasteiger partial charge on any atom is 0.0751 e. The summed E-state index contributed by atoms with van der Waals surface area (Å²) in [6.07, 6.45) is 0. The van der Waals surface area contributed by atoms with Gasteiger partial charge in [-0.05, 0) is 40.9 Å². The Hall–Kier alpha value is -1.03. The van der Waals surface area contributed by atoms with Crippen LogP contribution in [-0.4, -0.2) is 4.98 Å². The van der Waals surface area contributed by atoms with Crippen molar-refractivity contribution in [3.63, 3.8) is 0 Å². The van der Waals surface area contributed by atoms with E-state index in [0.717, 1.165) is 11.0 Å². The lowest BCUT2D eigenvalue weighted by atomic mass is 9.77. The van der Waals surface area contributed by atoms with Crippen LogP contribution in [0.15, 0.2) is 42.5 Å². The van der Waals surface area contributed by atoms with Crippen molar-refractivity contribution >= 4 is 40.3 Å². The second kappa shape index (κ2) is 8.48. The molecule has 3 aromatic rings. The normalized spacial score (nSPS) is 13.5. The highest BCUT2D eigenvalue weighted by atomic mass is 31.0. The molecule has 162 valence electrons. The van der Waals surface area contributed by atoms with Crippen molar-refractivity contribution in [2.75, 3.05) is 0 Å². The predicted molar refractivity (Wildman–Crippen MR) is 141 cm³/mol. The minimum atomic E-state index is -0.0106. The Morgan fingerprint density at radius 2 is 0.933 bits per heavy atom. The summed E-state index contributed by atoms with van der Waals surface area (Å²) < 4.78 is 0. The van der Waals surface area contributed by atoms with E-state index in [-0.39, 0.29) is 10.3 Å². The van der Waals surface area contributed by atoms with E-state index in [1.54, 1.807) is 0 Å². The van der Waals surface area contributed by atoms with E-state index in [2.05, 4.69) is 116 Å². The molecule has 0 aliphatic heterocycles. The highest BCUT2D eigenvalue weighted by Gasteiger charge is 2.38. The number of pyridine rings is 1. The first-order valence-corrected chi connectivity index (χ1v) is 12.5. The number of fused-ring (bicyclic) bond motifs is 2. The average molecular weight is 440 g/mol. The molecule has 0 amide bonds. The monoisotopic (exact) mass is 439 g/mol. The molecule has 1 aromatic heterocycles. The molecule has 0 spiro atoms. The molecule has 0 saturated heterocycles. The zero-order chi connectivity index (χ0) is 22.4. The summed E-state index contributed by atoms with van der Waals surface area (Å²) in [7, 11) is 6.39. The molecule has 30 heavy (non-hydrogen) atoms. The first-order chi connectivity index (χ1) is 14.0. The second-order valence-corrected chi connectivity index (χ2v) is 12.1. The summed E-state index contributed by atoms with van der Waals surface area (Å²) in [5.74, 6) is 1.97. The molecule has 0 aliphatic carbocycles. The third-order valence-corrected chi connectivity index (χ3v) is 10.7. The number of hydrogen-bond acceptors (Lipinski definition) is 1.